The fraction of sp³-hybridized carbons (Fsp3) is 0.333. The van der Waals surface area contributed by atoms with E-state index in [2.05, 4.69) is 14.8 Å². The summed E-state index contributed by atoms with van der Waals surface area (Å²) < 4.78 is 9.06. The molecule has 1 rings (SSSR count). The standard InChI is InChI=1S/C9H11NO4/c1-13-8(11)6-4-3-5-10-7(6)9(12)14-2/h3-5,7,10H,1-2H3. The van der Waals surface area contributed by atoms with Gasteiger partial charge in [-0.1, -0.05) is 0 Å². The van der Waals surface area contributed by atoms with Crippen molar-refractivity contribution in [3.8, 4) is 0 Å². The number of ether oxygens (including phenoxy) is 2. The van der Waals surface area contributed by atoms with Gasteiger partial charge in [0.1, 0.15) is 0 Å². The van der Waals surface area contributed by atoms with Crippen molar-refractivity contribution < 1.29 is 19.1 Å². The summed E-state index contributed by atoms with van der Waals surface area (Å²) in [4.78, 5) is 22.5. The Morgan fingerprint density at radius 3 is 2.64 bits per heavy atom. The van der Waals surface area contributed by atoms with Gasteiger partial charge < -0.3 is 14.8 Å². The molecule has 0 aromatic carbocycles. The Labute approximate surface area is 81.4 Å². The van der Waals surface area contributed by atoms with Crippen molar-refractivity contribution in [1.29, 1.82) is 0 Å². The van der Waals surface area contributed by atoms with E-state index >= 15 is 0 Å². The second-order valence-corrected chi connectivity index (χ2v) is 2.60. The van der Waals surface area contributed by atoms with Crippen molar-refractivity contribution in [3.63, 3.8) is 0 Å². The number of methoxy groups -OCH3 is 2. The highest BCUT2D eigenvalue weighted by molar-refractivity contribution is 5.98. The SMILES string of the molecule is COC(=O)C1=CC=CNC1C(=O)OC. The van der Waals surface area contributed by atoms with E-state index in [4.69, 9.17) is 0 Å². The van der Waals surface area contributed by atoms with Crippen molar-refractivity contribution in [3.05, 3.63) is 23.9 Å². The van der Waals surface area contributed by atoms with Crippen LogP contribution >= 0.6 is 0 Å². The summed E-state index contributed by atoms with van der Waals surface area (Å²) in [6.07, 6.45) is 4.70. The maximum atomic E-state index is 11.2. The van der Waals surface area contributed by atoms with E-state index in [1.807, 2.05) is 0 Å². The Balaban J connectivity index is 2.87. The maximum Gasteiger partial charge on any atom is 0.336 e. The number of hydrogen-bond donors (Lipinski definition) is 1. The molecule has 0 aliphatic carbocycles. The first-order chi connectivity index (χ1) is 6.70. The molecule has 1 unspecified atom stereocenters. The van der Waals surface area contributed by atoms with Crippen LogP contribution in [0.5, 0.6) is 0 Å². The van der Waals surface area contributed by atoms with Gasteiger partial charge >= 0.3 is 11.9 Å². The molecule has 0 fully saturated rings. The molecule has 0 bridgehead atoms. The molecule has 5 nitrogen and oxygen atoms in total. The molecule has 0 radical (unpaired) electrons. The molecule has 0 aromatic rings. The van der Waals surface area contributed by atoms with E-state index in [0.717, 1.165) is 0 Å². The maximum absolute atomic E-state index is 11.2. The van der Waals surface area contributed by atoms with Gasteiger partial charge in [0.25, 0.3) is 0 Å². The minimum absolute atomic E-state index is 0.238. The minimum Gasteiger partial charge on any atom is -0.467 e. The largest absolute Gasteiger partial charge is 0.467 e. The fourth-order valence-corrected chi connectivity index (χ4v) is 1.11. The van der Waals surface area contributed by atoms with Crippen LogP contribution in [0, 0.1) is 0 Å². The number of rotatable bonds is 2. The number of esters is 2. The van der Waals surface area contributed by atoms with Gasteiger partial charge in [-0.05, 0) is 18.4 Å². The lowest BCUT2D eigenvalue weighted by Crippen LogP contribution is -2.40. The molecule has 1 aliphatic heterocycles. The third-order valence-electron chi connectivity index (χ3n) is 1.80. The Morgan fingerprint density at radius 2 is 2.07 bits per heavy atom. The zero-order valence-corrected chi connectivity index (χ0v) is 7.94. The van der Waals surface area contributed by atoms with E-state index in [1.165, 1.54) is 20.3 Å². The summed E-state index contributed by atoms with van der Waals surface area (Å²) in [5, 5.41) is 2.71. The van der Waals surface area contributed by atoms with Crippen LogP contribution in [0.3, 0.4) is 0 Å². The highest BCUT2D eigenvalue weighted by atomic mass is 16.5. The number of hydrogen-bond acceptors (Lipinski definition) is 5. The topological polar surface area (TPSA) is 64.6 Å². The number of allylic oxidation sites excluding steroid dienone is 2. The van der Waals surface area contributed by atoms with Crippen LogP contribution < -0.4 is 5.32 Å². The zero-order chi connectivity index (χ0) is 10.6. The lowest BCUT2D eigenvalue weighted by atomic mass is 10.1. The highest BCUT2D eigenvalue weighted by Gasteiger charge is 2.29. The Morgan fingerprint density at radius 1 is 1.36 bits per heavy atom. The van der Waals surface area contributed by atoms with Gasteiger partial charge in [0, 0.05) is 0 Å². The quantitative estimate of drug-likeness (QED) is 0.618. The molecule has 5 heteroatoms. The first-order valence-electron chi connectivity index (χ1n) is 3.99. The van der Waals surface area contributed by atoms with E-state index in [-0.39, 0.29) is 5.57 Å². The van der Waals surface area contributed by atoms with Crippen molar-refractivity contribution in [2.24, 2.45) is 0 Å². The monoisotopic (exact) mass is 197 g/mol. The average molecular weight is 197 g/mol. The average Bonchev–Trinajstić information content (AvgIpc) is 2.27. The molecule has 76 valence electrons. The van der Waals surface area contributed by atoms with Gasteiger partial charge in [0.2, 0.25) is 0 Å². The Hall–Kier alpha value is -1.78. The first-order valence-corrected chi connectivity index (χ1v) is 3.99. The molecule has 1 N–H and O–H groups in total. The smallest absolute Gasteiger partial charge is 0.336 e. The lowest BCUT2D eigenvalue weighted by molar-refractivity contribution is -0.145. The second-order valence-electron chi connectivity index (χ2n) is 2.60. The second kappa shape index (κ2) is 4.45. The van der Waals surface area contributed by atoms with E-state index in [9.17, 15) is 9.59 Å². The molecule has 0 spiro atoms. The Bertz CT molecular complexity index is 306. The van der Waals surface area contributed by atoms with Crippen LogP contribution in [0.25, 0.3) is 0 Å². The van der Waals surface area contributed by atoms with Crippen molar-refractivity contribution >= 4 is 11.9 Å². The normalized spacial score (nSPS) is 19.3. The number of carbonyl (C=O) groups excluding carboxylic acids is 2. The van der Waals surface area contributed by atoms with E-state index in [1.54, 1.807) is 12.3 Å². The number of carbonyl (C=O) groups is 2. The summed E-state index contributed by atoms with van der Waals surface area (Å²) in [6, 6.07) is -0.780. The third-order valence-corrected chi connectivity index (χ3v) is 1.80. The summed E-state index contributed by atoms with van der Waals surface area (Å²) in [5.74, 6) is -1.07. The zero-order valence-electron chi connectivity index (χ0n) is 7.94. The molecule has 1 atom stereocenters. The molecular formula is C9H11NO4. The van der Waals surface area contributed by atoms with E-state index < -0.39 is 18.0 Å². The first kappa shape index (κ1) is 10.3. The summed E-state index contributed by atoms with van der Waals surface area (Å²) in [6.45, 7) is 0. The Kier molecular flexibility index (Phi) is 3.28. The van der Waals surface area contributed by atoms with Gasteiger partial charge in [-0.3, -0.25) is 0 Å². The molecule has 1 aliphatic rings. The third kappa shape index (κ3) is 1.93. The van der Waals surface area contributed by atoms with Gasteiger partial charge in [0.15, 0.2) is 6.04 Å². The van der Waals surface area contributed by atoms with Gasteiger partial charge in [-0.25, -0.2) is 9.59 Å². The lowest BCUT2D eigenvalue weighted by Gasteiger charge is -2.18. The van der Waals surface area contributed by atoms with Crippen LogP contribution in [0.1, 0.15) is 0 Å². The number of dihydropyridines is 1. The molecule has 14 heavy (non-hydrogen) atoms. The van der Waals surface area contributed by atoms with Gasteiger partial charge in [-0.15, -0.1) is 0 Å². The van der Waals surface area contributed by atoms with Crippen molar-refractivity contribution in [1.82, 2.24) is 5.32 Å². The minimum atomic E-state index is -0.780. The molecule has 0 aromatic heterocycles. The summed E-state index contributed by atoms with van der Waals surface area (Å²) in [5.41, 5.74) is 0.238. The molecule has 0 amide bonds. The van der Waals surface area contributed by atoms with Crippen molar-refractivity contribution in [2.45, 2.75) is 6.04 Å². The van der Waals surface area contributed by atoms with Crippen LogP contribution in [0.15, 0.2) is 23.9 Å². The summed E-state index contributed by atoms with van der Waals surface area (Å²) in [7, 11) is 2.52. The van der Waals surface area contributed by atoms with Crippen molar-refractivity contribution in [2.75, 3.05) is 14.2 Å². The van der Waals surface area contributed by atoms with Crippen LogP contribution in [0.4, 0.5) is 0 Å². The number of nitrogens with one attached hydrogen (secondary N) is 1. The molecule has 1 heterocycles. The van der Waals surface area contributed by atoms with E-state index in [0.29, 0.717) is 0 Å². The van der Waals surface area contributed by atoms with Crippen LogP contribution in [0.2, 0.25) is 0 Å². The molecule has 0 saturated carbocycles. The predicted octanol–water partition coefficient (Wildman–Crippen LogP) is -0.256. The molecule has 0 saturated heterocycles. The fourth-order valence-electron chi connectivity index (χ4n) is 1.11. The predicted molar refractivity (Wildman–Crippen MR) is 48.2 cm³/mol. The highest BCUT2D eigenvalue weighted by Crippen LogP contribution is 2.10. The molecular weight excluding hydrogens is 186 g/mol. The van der Waals surface area contributed by atoms with Crippen LogP contribution in [-0.4, -0.2) is 32.2 Å². The van der Waals surface area contributed by atoms with Gasteiger partial charge in [-0.2, -0.15) is 0 Å². The summed E-state index contributed by atoms with van der Waals surface area (Å²) >= 11 is 0. The van der Waals surface area contributed by atoms with Crippen LogP contribution in [-0.2, 0) is 19.1 Å². The van der Waals surface area contributed by atoms with Gasteiger partial charge in [0.05, 0.1) is 19.8 Å².